The number of amides is 1. The molecule has 2 fully saturated rings. The first-order chi connectivity index (χ1) is 7.18. The smallest absolute Gasteiger partial charge is 0.227 e. The molecule has 2 aliphatic heterocycles. The lowest BCUT2D eigenvalue weighted by molar-refractivity contribution is -0.135. The van der Waals surface area contributed by atoms with Gasteiger partial charge in [0.1, 0.15) is 0 Å². The van der Waals surface area contributed by atoms with E-state index in [-0.39, 0.29) is 24.9 Å². The predicted molar refractivity (Wildman–Crippen MR) is 54.2 cm³/mol. The lowest BCUT2D eigenvalue weighted by Crippen LogP contribution is -2.42. The zero-order valence-electron chi connectivity index (χ0n) is 8.72. The maximum absolute atomic E-state index is 12.0. The summed E-state index contributed by atoms with van der Waals surface area (Å²) in [7, 11) is 0. The number of aliphatic hydroxyl groups is 2. The molecule has 0 radical (unpaired) electrons. The molecule has 15 heavy (non-hydrogen) atoms. The number of carbonyl (C=O) groups excluding carboxylic acids is 1. The number of piperidine rings is 1. The Balaban J connectivity index is 1.90. The van der Waals surface area contributed by atoms with Crippen molar-refractivity contribution in [3.05, 3.63) is 0 Å². The lowest BCUT2D eigenvalue weighted by atomic mass is 9.98. The Morgan fingerprint density at radius 2 is 1.93 bits per heavy atom. The molecule has 3 atom stereocenters. The molecule has 86 valence electrons. The molecule has 0 aromatic rings. The molecular weight excluding hydrogens is 196 g/mol. The van der Waals surface area contributed by atoms with E-state index < -0.39 is 12.2 Å². The fourth-order valence-corrected chi connectivity index (χ4v) is 2.27. The van der Waals surface area contributed by atoms with Crippen molar-refractivity contribution >= 4 is 5.91 Å². The first-order valence-corrected chi connectivity index (χ1v) is 5.54. The van der Waals surface area contributed by atoms with Crippen molar-refractivity contribution in [3.63, 3.8) is 0 Å². The largest absolute Gasteiger partial charge is 0.388 e. The molecule has 3 N–H and O–H groups in total. The summed E-state index contributed by atoms with van der Waals surface area (Å²) in [5.41, 5.74) is 0. The Labute approximate surface area is 89.1 Å². The van der Waals surface area contributed by atoms with Crippen LogP contribution in [-0.2, 0) is 4.79 Å². The van der Waals surface area contributed by atoms with Gasteiger partial charge in [-0.1, -0.05) is 0 Å². The minimum absolute atomic E-state index is 0.0243. The highest BCUT2D eigenvalue weighted by atomic mass is 16.3. The van der Waals surface area contributed by atoms with Gasteiger partial charge < -0.3 is 20.4 Å². The quantitative estimate of drug-likeness (QED) is 0.499. The van der Waals surface area contributed by atoms with E-state index in [0.717, 1.165) is 25.9 Å². The summed E-state index contributed by atoms with van der Waals surface area (Å²) in [5.74, 6) is 0.0917. The molecule has 0 aliphatic carbocycles. The van der Waals surface area contributed by atoms with E-state index in [9.17, 15) is 15.0 Å². The first kappa shape index (κ1) is 10.9. The molecule has 0 aromatic heterocycles. The molecule has 0 spiro atoms. The van der Waals surface area contributed by atoms with Gasteiger partial charge in [0.15, 0.2) is 0 Å². The van der Waals surface area contributed by atoms with Crippen LogP contribution in [0.2, 0.25) is 0 Å². The number of β-amino-alcohol motifs (C(OH)–C–C–N with tert-alkyl or cyclic N) is 2. The number of nitrogens with one attached hydrogen (secondary N) is 1. The van der Waals surface area contributed by atoms with Gasteiger partial charge in [-0.2, -0.15) is 0 Å². The molecule has 0 bridgehead atoms. The second-order valence-corrected chi connectivity index (χ2v) is 4.42. The lowest BCUT2D eigenvalue weighted by Gasteiger charge is -2.26. The summed E-state index contributed by atoms with van der Waals surface area (Å²) in [6, 6.07) is 0. The van der Waals surface area contributed by atoms with Gasteiger partial charge in [0.25, 0.3) is 0 Å². The monoisotopic (exact) mass is 214 g/mol. The van der Waals surface area contributed by atoms with Crippen LogP contribution < -0.4 is 5.32 Å². The Morgan fingerprint density at radius 1 is 1.27 bits per heavy atom. The van der Waals surface area contributed by atoms with Crippen molar-refractivity contribution in [1.82, 2.24) is 10.2 Å². The maximum atomic E-state index is 12.0. The molecule has 5 heteroatoms. The van der Waals surface area contributed by atoms with Gasteiger partial charge >= 0.3 is 0 Å². The highest BCUT2D eigenvalue weighted by molar-refractivity contribution is 5.79. The average Bonchev–Trinajstić information content (AvgIpc) is 2.59. The topological polar surface area (TPSA) is 72.8 Å². The fraction of sp³-hybridized carbons (Fsp3) is 0.900. The number of hydrogen-bond donors (Lipinski definition) is 3. The highest BCUT2D eigenvalue weighted by Crippen LogP contribution is 2.18. The summed E-state index contributed by atoms with van der Waals surface area (Å²) < 4.78 is 0. The number of hydrogen-bond acceptors (Lipinski definition) is 4. The van der Waals surface area contributed by atoms with E-state index in [1.54, 1.807) is 4.90 Å². The van der Waals surface area contributed by atoms with Crippen LogP contribution in [0, 0.1) is 5.92 Å². The summed E-state index contributed by atoms with van der Waals surface area (Å²) in [6.07, 6.45) is 0.389. The molecule has 1 amide bonds. The average molecular weight is 214 g/mol. The minimum Gasteiger partial charge on any atom is -0.388 e. The van der Waals surface area contributed by atoms with Crippen LogP contribution in [0.3, 0.4) is 0 Å². The number of likely N-dealkylation sites (tertiary alicyclic amines) is 1. The molecule has 2 aliphatic rings. The van der Waals surface area contributed by atoms with Crippen molar-refractivity contribution in [2.45, 2.75) is 25.0 Å². The Hall–Kier alpha value is -0.650. The van der Waals surface area contributed by atoms with Gasteiger partial charge in [-0.05, 0) is 19.4 Å². The summed E-state index contributed by atoms with van der Waals surface area (Å²) >= 11 is 0. The molecule has 0 unspecified atom stereocenters. The van der Waals surface area contributed by atoms with Crippen LogP contribution in [0.25, 0.3) is 0 Å². The van der Waals surface area contributed by atoms with E-state index in [2.05, 4.69) is 5.32 Å². The number of carbonyl (C=O) groups is 1. The molecule has 0 saturated carbocycles. The second kappa shape index (κ2) is 4.47. The standard InChI is InChI=1S/C10H18N2O3/c13-8-5-12(6-9(8)14)10(15)7-2-1-3-11-4-7/h7-9,11,13-14H,1-6H2/t7-,8-,9+/m1/s1. The van der Waals surface area contributed by atoms with Crippen LogP contribution in [0.4, 0.5) is 0 Å². The van der Waals surface area contributed by atoms with E-state index >= 15 is 0 Å². The van der Waals surface area contributed by atoms with Gasteiger partial charge in [-0.3, -0.25) is 4.79 Å². The molecule has 0 aromatic carbocycles. The van der Waals surface area contributed by atoms with Crippen molar-refractivity contribution in [3.8, 4) is 0 Å². The van der Waals surface area contributed by atoms with Crippen molar-refractivity contribution < 1.29 is 15.0 Å². The third kappa shape index (κ3) is 2.30. The van der Waals surface area contributed by atoms with Gasteiger partial charge in [-0.25, -0.2) is 0 Å². The van der Waals surface area contributed by atoms with E-state index in [1.165, 1.54) is 0 Å². The molecule has 5 nitrogen and oxygen atoms in total. The van der Waals surface area contributed by atoms with Gasteiger partial charge in [0, 0.05) is 19.6 Å². The van der Waals surface area contributed by atoms with Crippen LogP contribution in [-0.4, -0.2) is 59.4 Å². The normalized spacial score (nSPS) is 36.9. The summed E-state index contributed by atoms with van der Waals surface area (Å²) in [5, 5.41) is 21.9. The predicted octanol–water partition coefficient (Wildman–Crippen LogP) is -1.45. The minimum atomic E-state index is -0.773. The zero-order chi connectivity index (χ0) is 10.8. The summed E-state index contributed by atoms with van der Waals surface area (Å²) in [6.45, 7) is 2.25. The zero-order valence-corrected chi connectivity index (χ0v) is 8.72. The third-order valence-electron chi connectivity index (χ3n) is 3.22. The van der Waals surface area contributed by atoms with Crippen LogP contribution in [0.15, 0.2) is 0 Å². The van der Waals surface area contributed by atoms with E-state index in [0.29, 0.717) is 0 Å². The Kier molecular flexibility index (Phi) is 3.23. The molecular formula is C10H18N2O3. The van der Waals surface area contributed by atoms with Gasteiger partial charge in [-0.15, -0.1) is 0 Å². The van der Waals surface area contributed by atoms with Crippen molar-refractivity contribution in [2.24, 2.45) is 5.92 Å². The van der Waals surface area contributed by atoms with Gasteiger partial charge in [0.2, 0.25) is 5.91 Å². The van der Waals surface area contributed by atoms with Gasteiger partial charge in [0.05, 0.1) is 18.1 Å². The number of rotatable bonds is 1. The van der Waals surface area contributed by atoms with E-state index in [1.807, 2.05) is 0 Å². The third-order valence-corrected chi connectivity index (χ3v) is 3.22. The molecule has 2 saturated heterocycles. The van der Waals surface area contributed by atoms with Crippen molar-refractivity contribution in [1.29, 1.82) is 0 Å². The van der Waals surface area contributed by atoms with Crippen LogP contribution in [0.1, 0.15) is 12.8 Å². The number of aliphatic hydroxyl groups excluding tert-OH is 2. The molecule has 2 heterocycles. The Morgan fingerprint density at radius 3 is 2.47 bits per heavy atom. The van der Waals surface area contributed by atoms with Crippen molar-refractivity contribution in [2.75, 3.05) is 26.2 Å². The van der Waals surface area contributed by atoms with Crippen LogP contribution >= 0.6 is 0 Å². The first-order valence-electron chi connectivity index (χ1n) is 5.54. The SMILES string of the molecule is O=C([C@@H]1CCCNC1)N1C[C@@H](O)[C@@H](O)C1. The van der Waals surface area contributed by atoms with Crippen LogP contribution in [0.5, 0.6) is 0 Å². The second-order valence-electron chi connectivity index (χ2n) is 4.42. The number of nitrogens with zero attached hydrogens (tertiary/aromatic N) is 1. The molecule has 2 rings (SSSR count). The van der Waals surface area contributed by atoms with E-state index in [4.69, 9.17) is 0 Å². The maximum Gasteiger partial charge on any atom is 0.227 e. The summed E-state index contributed by atoms with van der Waals surface area (Å²) in [4.78, 5) is 13.5. The Bertz CT molecular complexity index is 231. The highest BCUT2D eigenvalue weighted by Gasteiger charge is 2.35. The fourth-order valence-electron chi connectivity index (χ4n) is 2.27.